The molecule has 7 nitrogen and oxygen atoms in total. The summed E-state index contributed by atoms with van der Waals surface area (Å²) in [5, 5.41) is 3.97. The molecular formula is C23H23Cl2N5O2. The first-order valence-corrected chi connectivity index (χ1v) is 11.2. The topological polar surface area (TPSA) is 78.4 Å². The van der Waals surface area contributed by atoms with Crippen molar-refractivity contribution in [3.63, 3.8) is 0 Å². The van der Waals surface area contributed by atoms with Crippen LogP contribution < -0.4 is 10.2 Å². The average Bonchev–Trinajstić information content (AvgIpc) is 3.12. The van der Waals surface area contributed by atoms with Crippen LogP contribution in [-0.2, 0) is 0 Å². The Bertz CT molecular complexity index is 1180. The van der Waals surface area contributed by atoms with E-state index in [1.54, 1.807) is 17.2 Å². The summed E-state index contributed by atoms with van der Waals surface area (Å²) in [4.78, 5) is 38.1. The van der Waals surface area contributed by atoms with Crippen molar-refractivity contribution in [2.45, 2.75) is 26.7 Å². The minimum atomic E-state index is -0.457. The van der Waals surface area contributed by atoms with Gasteiger partial charge in [0.1, 0.15) is 0 Å². The van der Waals surface area contributed by atoms with E-state index < -0.39 is 5.91 Å². The van der Waals surface area contributed by atoms with Crippen LogP contribution in [-0.4, -0.2) is 46.4 Å². The molecule has 1 aliphatic rings. The highest BCUT2D eigenvalue weighted by atomic mass is 35.5. The number of fused-ring (bicyclic) bond motifs is 1. The Morgan fingerprint density at radius 2 is 1.91 bits per heavy atom. The predicted octanol–water partition coefficient (Wildman–Crippen LogP) is 5.54. The van der Waals surface area contributed by atoms with Crippen LogP contribution in [0.25, 0.3) is 10.9 Å². The molecule has 9 heteroatoms. The number of amides is 3. The van der Waals surface area contributed by atoms with Crippen LogP contribution in [0.15, 0.2) is 36.8 Å². The first-order valence-electron chi connectivity index (χ1n) is 10.5. The molecule has 4 rings (SSSR count). The molecule has 1 aromatic carbocycles. The summed E-state index contributed by atoms with van der Waals surface area (Å²) in [6.07, 6.45) is 6.48. The maximum absolute atomic E-state index is 13.1. The van der Waals surface area contributed by atoms with Crippen molar-refractivity contribution >= 4 is 57.4 Å². The molecule has 166 valence electrons. The normalized spacial score (nSPS) is 13.8. The van der Waals surface area contributed by atoms with Crippen LogP contribution in [0.3, 0.4) is 0 Å². The molecule has 0 bridgehead atoms. The van der Waals surface area contributed by atoms with Gasteiger partial charge in [0.15, 0.2) is 0 Å². The SMILES string of the molecule is CCCCN1CCN(c2c(C)cnc3c(NC(=O)c4c(Cl)cncc4Cl)cccc23)C1=O. The number of para-hydroxylation sites is 1. The van der Waals surface area contributed by atoms with E-state index in [4.69, 9.17) is 23.2 Å². The second kappa shape index (κ2) is 9.30. The van der Waals surface area contributed by atoms with Gasteiger partial charge in [-0.15, -0.1) is 0 Å². The monoisotopic (exact) mass is 471 g/mol. The van der Waals surface area contributed by atoms with Crippen LogP contribution in [0.5, 0.6) is 0 Å². The number of aromatic nitrogens is 2. The number of unbranched alkanes of at least 4 members (excludes halogenated alkanes) is 1. The average molecular weight is 472 g/mol. The van der Waals surface area contributed by atoms with Gasteiger partial charge in [0.25, 0.3) is 5.91 Å². The highest BCUT2D eigenvalue weighted by Crippen LogP contribution is 2.35. The van der Waals surface area contributed by atoms with Crippen LogP contribution in [0.1, 0.15) is 35.7 Å². The number of nitrogens with zero attached hydrogens (tertiary/aromatic N) is 4. The van der Waals surface area contributed by atoms with Crippen molar-refractivity contribution in [2.24, 2.45) is 0 Å². The highest BCUT2D eigenvalue weighted by Gasteiger charge is 2.31. The Labute approximate surface area is 196 Å². The second-order valence-electron chi connectivity index (χ2n) is 7.70. The van der Waals surface area contributed by atoms with Crippen molar-refractivity contribution in [2.75, 3.05) is 29.9 Å². The maximum atomic E-state index is 13.1. The largest absolute Gasteiger partial charge is 0.324 e. The quantitative estimate of drug-likeness (QED) is 0.511. The smallest absolute Gasteiger partial charge is 0.323 e. The minimum Gasteiger partial charge on any atom is -0.323 e. The fourth-order valence-electron chi connectivity index (χ4n) is 3.93. The Hall–Kier alpha value is -2.90. The molecule has 32 heavy (non-hydrogen) atoms. The van der Waals surface area contributed by atoms with Gasteiger partial charge in [-0.05, 0) is 25.0 Å². The molecule has 3 aromatic rings. The van der Waals surface area contributed by atoms with Crippen molar-refractivity contribution < 1.29 is 9.59 Å². The number of rotatable bonds is 6. The van der Waals surface area contributed by atoms with Gasteiger partial charge in [-0.1, -0.05) is 48.7 Å². The first-order chi connectivity index (χ1) is 15.4. The van der Waals surface area contributed by atoms with Crippen molar-refractivity contribution in [3.8, 4) is 0 Å². The Morgan fingerprint density at radius 1 is 1.16 bits per heavy atom. The molecule has 1 saturated heterocycles. The first kappa shape index (κ1) is 22.3. The third kappa shape index (κ3) is 4.10. The van der Waals surface area contributed by atoms with Crippen molar-refractivity contribution in [1.29, 1.82) is 0 Å². The molecule has 0 saturated carbocycles. The number of carbonyl (C=O) groups is 2. The number of nitrogens with one attached hydrogen (secondary N) is 1. The molecule has 1 N–H and O–H groups in total. The lowest BCUT2D eigenvalue weighted by atomic mass is 10.1. The molecule has 0 aliphatic carbocycles. The minimum absolute atomic E-state index is 0.00108. The number of carbonyl (C=O) groups excluding carboxylic acids is 2. The van der Waals surface area contributed by atoms with Gasteiger partial charge in [-0.3, -0.25) is 19.7 Å². The summed E-state index contributed by atoms with van der Waals surface area (Å²) < 4.78 is 0. The number of hydrogen-bond acceptors (Lipinski definition) is 4. The number of hydrogen-bond donors (Lipinski definition) is 1. The lowest BCUT2D eigenvalue weighted by Gasteiger charge is -2.22. The molecule has 3 amide bonds. The molecule has 0 radical (unpaired) electrons. The van der Waals surface area contributed by atoms with E-state index in [9.17, 15) is 9.59 Å². The third-order valence-corrected chi connectivity index (χ3v) is 6.10. The number of halogens is 2. The van der Waals surface area contributed by atoms with E-state index in [0.717, 1.165) is 36.0 Å². The van der Waals surface area contributed by atoms with E-state index in [2.05, 4.69) is 22.2 Å². The molecule has 1 aliphatic heterocycles. The standard InChI is InChI=1S/C23H23Cl2N5O2/c1-3-4-8-29-9-10-30(23(29)32)21-14(2)11-27-20-15(21)6-5-7-18(20)28-22(31)19-16(24)12-26-13-17(19)25/h5-7,11-13H,3-4,8-10H2,1-2H3,(H,28,31). The fraction of sp³-hybridized carbons (Fsp3) is 0.304. The second-order valence-corrected chi connectivity index (χ2v) is 8.51. The third-order valence-electron chi connectivity index (χ3n) is 5.53. The maximum Gasteiger partial charge on any atom is 0.324 e. The van der Waals surface area contributed by atoms with E-state index in [1.165, 1.54) is 12.4 Å². The van der Waals surface area contributed by atoms with E-state index in [1.807, 2.05) is 24.0 Å². The summed E-state index contributed by atoms with van der Waals surface area (Å²) in [6, 6.07) is 5.50. The van der Waals surface area contributed by atoms with Crippen LogP contribution >= 0.6 is 23.2 Å². The van der Waals surface area contributed by atoms with Crippen LogP contribution in [0.2, 0.25) is 10.0 Å². The predicted molar refractivity (Wildman–Crippen MR) is 128 cm³/mol. The summed E-state index contributed by atoms with van der Waals surface area (Å²) in [6.45, 7) is 6.11. The molecule has 0 spiro atoms. The molecular weight excluding hydrogens is 449 g/mol. The summed E-state index contributed by atoms with van der Waals surface area (Å²) in [7, 11) is 0. The molecule has 3 heterocycles. The van der Waals surface area contributed by atoms with Gasteiger partial charge in [0.05, 0.1) is 32.5 Å². The van der Waals surface area contributed by atoms with Gasteiger partial charge in [-0.2, -0.15) is 0 Å². The number of aryl methyl sites for hydroxylation is 1. The Kier molecular flexibility index (Phi) is 6.48. The molecule has 1 fully saturated rings. The van der Waals surface area contributed by atoms with E-state index in [-0.39, 0.29) is 21.6 Å². The van der Waals surface area contributed by atoms with E-state index in [0.29, 0.717) is 24.3 Å². The van der Waals surface area contributed by atoms with Gasteiger partial charge < -0.3 is 10.2 Å². The lowest BCUT2D eigenvalue weighted by Crippen LogP contribution is -2.33. The zero-order valence-corrected chi connectivity index (χ0v) is 19.4. The number of urea groups is 1. The zero-order valence-electron chi connectivity index (χ0n) is 17.9. The summed E-state index contributed by atoms with van der Waals surface area (Å²) in [5.74, 6) is -0.457. The zero-order chi connectivity index (χ0) is 22.8. The van der Waals surface area contributed by atoms with Crippen LogP contribution in [0, 0.1) is 6.92 Å². The Morgan fingerprint density at radius 3 is 2.62 bits per heavy atom. The molecule has 2 aromatic heterocycles. The van der Waals surface area contributed by atoms with Crippen LogP contribution in [0.4, 0.5) is 16.2 Å². The fourth-order valence-corrected chi connectivity index (χ4v) is 4.46. The summed E-state index contributed by atoms with van der Waals surface area (Å²) in [5.41, 5.74) is 2.95. The van der Waals surface area contributed by atoms with Gasteiger partial charge >= 0.3 is 6.03 Å². The Balaban J connectivity index is 1.71. The van der Waals surface area contributed by atoms with Gasteiger partial charge in [-0.25, -0.2) is 4.79 Å². The highest BCUT2D eigenvalue weighted by molar-refractivity contribution is 6.40. The van der Waals surface area contributed by atoms with Crippen molar-refractivity contribution in [1.82, 2.24) is 14.9 Å². The number of anilines is 2. The van der Waals surface area contributed by atoms with E-state index >= 15 is 0 Å². The molecule has 0 atom stereocenters. The van der Waals surface area contributed by atoms with Gasteiger partial charge in [0.2, 0.25) is 0 Å². The van der Waals surface area contributed by atoms with Gasteiger partial charge in [0, 0.05) is 43.6 Å². The van der Waals surface area contributed by atoms with Crippen molar-refractivity contribution in [3.05, 3.63) is 58.0 Å². The lowest BCUT2D eigenvalue weighted by molar-refractivity contribution is 0.102. The number of benzene rings is 1. The molecule has 0 unspecified atom stereocenters. The number of pyridine rings is 2. The summed E-state index contributed by atoms with van der Waals surface area (Å²) >= 11 is 12.3.